The number of piperidine rings is 1. The number of amides is 1. The number of aromatic amines is 1. The molecule has 1 N–H and O–H groups in total. The molecule has 8 heteroatoms. The summed E-state index contributed by atoms with van der Waals surface area (Å²) in [5, 5.41) is 6.73. The number of carbonyl (C=O) groups excluding carboxylic acids is 1. The van der Waals surface area contributed by atoms with Gasteiger partial charge in [-0.15, -0.1) is 0 Å². The van der Waals surface area contributed by atoms with Crippen molar-refractivity contribution in [3.8, 4) is 5.69 Å². The second kappa shape index (κ2) is 7.83. The minimum atomic E-state index is -0.547. The lowest BCUT2D eigenvalue weighted by Gasteiger charge is -2.31. The molecule has 1 amide bonds. The Bertz CT molecular complexity index is 1100. The van der Waals surface area contributed by atoms with Crippen molar-refractivity contribution in [1.82, 2.24) is 19.7 Å². The lowest BCUT2D eigenvalue weighted by atomic mass is 9.95. The van der Waals surface area contributed by atoms with E-state index in [0.717, 1.165) is 11.3 Å². The fraction of sp³-hybridized carbons (Fsp3) is 0.286. The third-order valence-electron chi connectivity index (χ3n) is 5.30. The quantitative estimate of drug-likeness (QED) is 0.710. The predicted octanol–water partition coefficient (Wildman–Crippen LogP) is 3.68. The van der Waals surface area contributed by atoms with Crippen molar-refractivity contribution in [3.63, 3.8) is 0 Å². The smallest absolute Gasteiger partial charge is 0.339 e. The van der Waals surface area contributed by atoms with Gasteiger partial charge in [-0.25, -0.2) is 18.9 Å². The summed E-state index contributed by atoms with van der Waals surface area (Å²) < 4.78 is 14.9. The molecule has 0 saturated carbocycles. The number of halogens is 2. The normalized spacial score (nSPS) is 14.9. The number of benzene rings is 2. The summed E-state index contributed by atoms with van der Waals surface area (Å²) in [6, 6.07) is 11.7. The van der Waals surface area contributed by atoms with Crippen molar-refractivity contribution >= 4 is 17.5 Å². The summed E-state index contributed by atoms with van der Waals surface area (Å²) in [5.41, 5.74) is 1.97. The van der Waals surface area contributed by atoms with Crippen LogP contribution in [-0.4, -0.2) is 38.7 Å². The van der Waals surface area contributed by atoms with Gasteiger partial charge in [0.15, 0.2) is 0 Å². The van der Waals surface area contributed by atoms with Crippen LogP contribution >= 0.6 is 11.6 Å². The zero-order chi connectivity index (χ0) is 20.5. The van der Waals surface area contributed by atoms with Crippen LogP contribution < -0.4 is 5.69 Å². The SMILES string of the molecule is Cc1ccc(-n2c(C3CCN(C(=O)c4ccc(F)c(Cl)c4)CC3)n[nH]c2=O)cc1. The number of nitrogens with one attached hydrogen (secondary N) is 1. The molecular formula is C21H20ClFN4O2. The number of nitrogens with zero attached hydrogens (tertiary/aromatic N) is 3. The molecule has 150 valence electrons. The maximum absolute atomic E-state index is 13.4. The molecule has 29 heavy (non-hydrogen) atoms. The fourth-order valence-electron chi connectivity index (χ4n) is 3.68. The molecule has 3 aromatic rings. The maximum atomic E-state index is 13.4. The van der Waals surface area contributed by atoms with Crippen molar-refractivity contribution in [2.45, 2.75) is 25.7 Å². The Morgan fingerprint density at radius 2 is 1.86 bits per heavy atom. The highest BCUT2D eigenvalue weighted by molar-refractivity contribution is 6.31. The van der Waals surface area contributed by atoms with Crippen molar-refractivity contribution in [2.24, 2.45) is 0 Å². The zero-order valence-corrected chi connectivity index (χ0v) is 16.6. The van der Waals surface area contributed by atoms with Crippen molar-refractivity contribution in [1.29, 1.82) is 0 Å². The van der Waals surface area contributed by atoms with Crippen LogP contribution in [0, 0.1) is 12.7 Å². The van der Waals surface area contributed by atoms with Gasteiger partial charge in [-0.2, -0.15) is 5.10 Å². The third kappa shape index (κ3) is 3.82. The first kappa shape index (κ1) is 19.4. The summed E-state index contributed by atoms with van der Waals surface area (Å²) in [6.45, 7) is 3.03. The molecule has 0 aliphatic carbocycles. The van der Waals surface area contributed by atoms with E-state index in [1.54, 1.807) is 9.47 Å². The van der Waals surface area contributed by atoms with E-state index in [-0.39, 0.29) is 22.5 Å². The van der Waals surface area contributed by atoms with E-state index in [0.29, 0.717) is 37.3 Å². The highest BCUT2D eigenvalue weighted by Gasteiger charge is 2.28. The van der Waals surface area contributed by atoms with E-state index in [1.165, 1.54) is 18.2 Å². The Morgan fingerprint density at radius 1 is 1.17 bits per heavy atom. The molecule has 0 spiro atoms. The van der Waals surface area contributed by atoms with Gasteiger partial charge in [0.05, 0.1) is 10.7 Å². The second-order valence-corrected chi connectivity index (χ2v) is 7.66. The van der Waals surface area contributed by atoms with Crippen LogP contribution in [0.1, 0.15) is 40.5 Å². The highest BCUT2D eigenvalue weighted by Crippen LogP contribution is 2.28. The van der Waals surface area contributed by atoms with E-state index in [9.17, 15) is 14.0 Å². The molecule has 6 nitrogen and oxygen atoms in total. The predicted molar refractivity (Wildman–Crippen MR) is 108 cm³/mol. The van der Waals surface area contributed by atoms with Gasteiger partial charge in [-0.1, -0.05) is 29.3 Å². The molecule has 0 radical (unpaired) electrons. The van der Waals surface area contributed by atoms with Crippen molar-refractivity contribution in [3.05, 3.63) is 80.7 Å². The van der Waals surface area contributed by atoms with Gasteiger partial charge in [-0.05, 0) is 50.1 Å². The van der Waals surface area contributed by atoms with Gasteiger partial charge in [0.1, 0.15) is 11.6 Å². The fourth-order valence-corrected chi connectivity index (χ4v) is 3.86. The number of aryl methyl sites for hydroxylation is 1. The first-order valence-electron chi connectivity index (χ1n) is 9.42. The lowest BCUT2D eigenvalue weighted by molar-refractivity contribution is 0.0710. The lowest BCUT2D eigenvalue weighted by Crippen LogP contribution is -2.38. The topological polar surface area (TPSA) is 71.0 Å². The average molecular weight is 415 g/mol. The average Bonchev–Trinajstić information content (AvgIpc) is 3.11. The van der Waals surface area contributed by atoms with E-state index < -0.39 is 5.82 Å². The Hall–Kier alpha value is -2.93. The van der Waals surface area contributed by atoms with Crippen molar-refractivity contribution in [2.75, 3.05) is 13.1 Å². The van der Waals surface area contributed by atoms with Gasteiger partial charge >= 0.3 is 5.69 Å². The largest absolute Gasteiger partial charge is 0.347 e. The first-order valence-corrected chi connectivity index (χ1v) is 9.80. The first-order chi connectivity index (χ1) is 13.9. The Kier molecular flexibility index (Phi) is 5.24. The van der Waals surface area contributed by atoms with E-state index in [4.69, 9.17) is 11.6 Å². The Morgan fingerprint density at radius 3 is 2.52 bits per heavy atom. The molecule has 4 rings (SSSR count). The molecule has 2 aromatic carbocycles. The molecule has 1 saturated heterocycles. The summed E-state index contributed by atoms with van der Waals surface area (Å²) in [7, 11) is 0. The summed E-state index contributed by atoms with van der Waals surface area (Å²) in [6.07, 6.45) is 1.35. The molecule has 0 unspecified atom stereocenters. The monoisotopic (exact) mass is 414 g/mol. The number of hydrogen-bond donors (Lipinski definition) is 1. The molecule has 1 aliphatic heterocycles. The number of hydrogen-bond acceptors (Lipinski definition) is 3. The van der Waals surface area contributed by atoms with Crippen LogP contribution in [0.5, 0.6) is 0 Å². The van der Waals surface area contributed by atoms with E-state index in [1.807, 2.05) is 31.2 Å². The number of aromatic nitrogens is 3. The van der Waals surface area contributed by atoms with Gasteiger partial charge in [0.25, 0.3) is 5.91 Å². The van der Waals surface area contributed by atoms with Crippen LogP contribution in [0.2, 0.25) is 5.02 Å². The van der Waals surface area contributed by atoms with Crippen LogP contribution in [0.25, 0.3) is 5.69 Å². The Labute approximate surface area is 171 Å². The highest BCUT2D eigenvalue weighted by atomic mass is 35.5. The van der Waals surface area contributed by atoms with Gasteiger partial charge in [0, 0.05) is 24.6 Å². The van der Waals surface area contributed by atoms with Gasteiger partial charge in [-0.3, -0.25) is 4.79 Å². The summed E-state index contributed by atoms with van der Waals surface area (Å²) >= 11 is 5.80. The molecule has 1 aromatic heterocycles. The van der Waals surface area contributed by atoms with Gasteiger partial charge < -0.3 is 4.90 Å². The zero-order valence-electron chi connectivity index (χ0n) is 15.9. The Balaban J connectivity index is 1.50. The summed E-state index contributed by atoms with van der Waals surface area (Å²) in [4.78, 5) is 26.7. The molecule has 1 aliphatic rings. The van der Waals surface area contributed by atoms with Crippen LogP contribution in [0.3, 0.4) is 0 Å². The van der Waals surface area contributed by atoms with Gasteiger partial charge in [0.2, 0.25) is 0 Å². The third-order valence-corrected chi connectivity index (χ3v) is 5.59. The van der Waals surface area contributed by atoms with Crippen LogP contribution in [-0.2, 0) is 0 Å². The molecular weight excluding hydrogens is 395 g/mol. The van der Waals surface area contributed by atoms with Crippen LogP contribution in [0.15, 0.2) is 47.3 Å². The second-order valence-electron chi connectivity index (χ2n) is 7.25. The minimum Gasteiger partial charge on any atom is -0.339 e. The maximum Gasteiger partial charge on any atom is 0.347 e. The number of likely N-dealkylation sites (tertiary alicyclic amines) is 1. The standard InChI is InChI=1S/C21H20ClFN4O2/c1-13-2-5-16(6-3-13)27-19(24-25-21(27)29)14-8-10-26(11-9-14)20(28)15-4-7-18(23)17(22)12-15/h2-7,12,14H,8-11H2,1H3,(H,25,29). The van der Waals surface area contributed by atoms with E-state index in [2.05, 4.69) is 10.2 Å². The van der Waals surface area contributed by atoms with E-state index >= 15 is 0 Å². The molecule has 2 heterocycles. The van der Waals surface area contributed by atoms with Crippen LogP contribution in [0.4, 0.5) is 4.39 Å². The number of H-pyrrole nitrogens is 1. The molecule has 0 atom stereocenters. The number of carbonyl (C=O) groups is 1. The minimum absolute atomic E-state index is 0.0520. The molecule has 1 fully saturated rings. The van der Waals surface area contributed by atoms with Crippen molar-refractivity contribution < 1.29 is 9.18 Å². The molecule has 0 bridgehead atoms. The summed E-state index contributed by atoms with van der Waals surface area (Å²) in [5.74, 6) is 0.00437. The number of rotatable bonds is 3.